The summed E-state index contributed by atoms with van der Waals surface area (Å²) >= 11 is 0. The highest BCUT2D eigenvalue weighted by Crippen LogP contribution is 2.45. The highest BCUT2D eigenvalue weighted by Gasteiger charge is 2.44. The van der Waals surface area contributed by atoms with Crippen molar-refractivity contribution in [1.82, 2.24) is 5.32 Å². The number of ether oxygens (including phenoxy) is 3. The number of carbonyl (C=O) groups is 1. The topological polar surface area (TPSA) is 80.3 Å². The number of nitrogens with one attached hydrogen (secondary N) is 1. The van der Waals surface area contributed by atoms with Crippen LogP contribution in [-0.4, -0.2) is 50.7 Å². The zero-order chi connectivity index (χ0) is 21.9. The van der Waals surface area contributed by atoms with Gasteiger partial charge in [-0.2, -0.15) is 0 Å². The van der Waals surface area contributed by atoms with Gasteiger partial charge in [-0.3, -0.25) is 0 Å². The number of aliphatic hydroxyl groups excluding tert-OH is 1. The second kappa shape index (κ2) is 8.83. The highest BCUT2D eigenvalue weighted by atomic mass is 16.5. The maximum Gasteiger partial charge on any atom is 0.407 e. The molecule has 2 aromatic carbocycles. The molecule has 30 heavy (non-hydrogen) atoms. The first kappa shape index (κ1) is 21.8. The average molecular weight is 415 g/mol. The van der Waals surface area contributed by atoms with Gasteiger partial charge in [-0.1, -0.05) is 30.3 Å². The number of hydrogen-bond donors (Lipinski definition) is 2. The summed E-state index contributed by atoms with van der Waals surface area (Å²) in [7, 11) is 5.40. The van der Waals surface area contributed by atoms with Crippen LogP contribution in [0, 0.1) is 0 Å². The third kappa shape index (κ3) is 4.62. The standard InChI is InChI=1S/C23H30N2O5/c1-23(2)21(26)20(24-22(27)29-12-11-15-9-7-6-8-10-15)16-13-19(28-5)17(25(3)4)14-18(16)30-23/h6-10,13-14,20-21,26H,11-12H2,1-5H3,(H,24,27). The van der Waals surface area contributed by atoms with Crippen LogP contribution in [0.2, 0.25) is 0 Å². The maximum atomic E-state index is 12.5. The summed E-state index contributed by atoms with van der Waals surface area (Å²) in [5.41, 5.74) is 1.67. The van der Waals surface area contributed by atoms with Crippen molar-refractivity contribution in [2.75, 3.05) is 32.7 Å². The molecule has 1 heterocycles. The number of alkyl carbamates (subject to hydrolysis) is 1. The minimum atomic E-state index is -0.971. The van der Waals surface area contributed by atoms with E-state index in [1.165, 1.54) is 0 Å². The molecule has 7 nitrogen and oxygen atoms in total. The van der Waals surface area contributed by atoms with Gasteiger partial charge in [0.2, 0.25) is 0 Å². The summed E-state index contributed by atoms with van der Waals surface area (Å²) in [5.74, 6) is 1.21. The molecular formula is C23H30N2O5. The van der Waals surface area contributed by atoms with E-state index >= 15 is 0 Å². The average Bonchev–Trinajstić information content (AvgIpc) is 2.71. The fourth-order valence-electron chi connectivity index (χ4n) is 3.56. The van der Waals surface area contributed by atoms with Crippen LogP contribution in [0.25, 0.3) is 0 Å². The second-order valence-corrected chi connectivity index (χ2v) is 8.10. The van der Waals surface area contributed by atoms with Crippen LogP contribution in [0.15, 0.2) is 42.5 Å². The van der Waals surface area contributed by atoms with Gasteiger partial charge < -0.3 is 29.5 Å². The van der Waals surface area contributed by atoms with E-state index in [-0.39, 0.29) is 6.61 Å². The molecule has 1 aliphatic rings. The number of amides is 1. The first-order valence-electron chi connectivity index (χ1n) is 9.96. The first-order chi connectivity index (χ1) is 14.2. The Morgan fingerprint density at radius 2 is 1.93 bits per heavy atom. The molecule has 3 rings (SSSR count). The number of fused-ring (bicyclic) bond motifs is 1. The number of aliphatic hydroxyl groups is 1. The number of anilines is 1. The van der Waals surface area contributed by atoms with Crippen molar-refractivity contribution in [2.24, 2.45) is 0 Å². The molecule has 2 aromatic rings. The van der Waals surface area contributed by atoms with Gasteiger partial charge in [-0.05, 0) is 25.5 Å². The lowest BCUT2D eigenvalue weighted by Gasteiger charge is -2.42. The number of carbonyl (C=O) groups excluding carboxylic acids is 1. The van der Waals surface area contributed by atoms with Crippen molar-refractivity contribution >= 4 is 11.8 Å². The largest absolute Gasteiger partial charge is 0.495 e. The Labute approximate surface area is 177 Å². The summed E-state index contributed by atoms with van der Waals surface area (Å²) < 4.78 is 16.9. The highest BCUT2D eigenvalue weighted by molar-refractivity contribution is 5.70. The van der Waals surface area contributed by atoms with E-state index in [1.807, 2.05) is 55.4 Å². The van der Waals surface area contributed by atoms with Crippen molar-refractivity contribution in [1.29, 1.82) is 0 Å². The lowest BCUT2D eigenvalue weighted by atomic mass is 9.86. The molecule has 1 amide bonds. The van der Waals surface area contributed by atoms with Crippen molar-refractivity contribution < 1.29 is 24.1 Å². The number of hydrogen-bond acceptors (Lipinski definition) is 6. The van der Waals surface area contributed by atoms with Crippen LogP contribution in [-0.2, 0) is 11.2 Å². The van der Waals surface area contributed by atoms with Gasteiger partial charge >= 0.3 is 6.09 Å². The van der Waals surface area contributed by atoms with Crippen LogP contribution in [0.4, 0.5) is 10.5 Å². The summed E-state index contributed by atoms with van der Waals surface area (Å²) in [6, 6.07) is 12.8. The van der Waals surface area contributed by atoms with E-state index in [4.69, 9.17) is 14.2 Å². The normalized spacial score (nSPS) is 19.3. The molecule has 0 saturated carbocycles. The molecule has 162 valence electrons. The van der Waals surface area contributed by atoms with Gasteiger partial charge in [-0.15, -0.1) is 0 Å². The van der Waals surface area contributed by atoms with Gasteiger partial charge in [0.15, 0.2) is 0 Å². The van der Waals surface area contributed by atoms with Gasteiger partial charge in [0.25, 0.3) is 0 Å². The van der Waals surface area contributed by atoms with E-state index in [2.05, 4.69) is 5.32 Å². The summed E-state index contributed by atoms with van der Waals surface area (Å²) in [4.78, 5) is 14.4. The minimum absolute atomic E-state index is 0.244. The smallest absolute Gasteiger partial charge is 0.407 e. The minimum Gasteiger partial charge on any atom is -0.495 e. The van der Waals surface area contributed by atoms with E-state index in [0.717, 1.165) is 11.3 Å². The molecule has 0 bridgehead atoms. The van der Waals surface area contributed by atoms with Gasteiger partial charge in [0.1, 0.15) is 23.2 Å². The van der Waals surface area contributed by atoms with Gasteiger partial charge in [-0.25, -0.2) is 4.79 Å². The van der Waals surface area contributed by atoms with Gasteiger partial charge in [0.05, 0.1) is 25.4 Å². The first-order valence-corrected chi connectivity index (χ1v) is 9.96. The molecule has 0 spiro atoms. The Morgan fingerprint density at radius 3 is 2.57 bits per heavy atom. The Balaban J connectivity index is 1.78. The molecule has 2 unspecified atom stereocenters. The Bertz CT molecular complexity index is 883. The van der Waals surface area contributed by atoms with Crippen molar-refractivity contribution in [3.8, 4) is 11.5 Å². The molecule has 1 aliphatic heterocycles. The summed E-state index contributed by atoms with van der Waals surface area (Å²) in [6.45, 7) is 3.82. The second-order valence-electron chi connectivity index (χ2n) is 8.10. The van der Waals surface area contributed by atoms with Crippen LogP contribution >= 0.6 is 0 Å². The van der Waals surface area contributed by atoms with E-state index in [0.29, 0.717) is 23.5 Å². The summed E-state index contributed by atoms with van der Waals surface area (Å²) in [6.07, 6.45) is -0.942. The molecule has 2 N–H and O–H groups in total. The molecule has 7 heteroatoms. The van der Waals surface area contributed by atoms with Crippen LogP contribution < -0.4 is 19.7 Å². The predicted molar refractivity (Wildman–Crippen MR) is 115 cm³/mol. The SMILES string of the molecule is COc1cc2c(cc1N(C)C)OC(C)(C)C(O)C2NC(=O)OCCc1ccccc1. The lowest BCUT2D eigenvalue weighted by Crippen LogP contribution is -2.53. The molecule has 0 aliphatic carbocycles. The lowest BCUT2D eigenvalue weighted by molar-refractivity contribution is -0.0637. The zero-order valence-corrected chi connectivity index (χ0v) is 18.1. The Kier molecular flexibility index (Phi) is 6.41. The number of methoxy groups -OCH3 is 1. The fourth-order valence-corrected chi connectivity index (χ4v) is 3.56. The fraction of sp³-hybridized carbons (Fsp3) is 0.435. The zero-order valence-electron chi connectivity index (χ0n) is 18.1. The Morgan fingerprint density at radius 1 is 1.23 bits per heavy atom. The van der Waals surface area contributed by atoms with Crippen LogP contribution in [0.1, 0.15) is 31.0 Å². The van der Waals surface area contributed by atoms with Crippen molar-refractivity contribution in [2.45, 2.75) is 38.0 Å². The number of nitrogens with zero attached hydrogens (tertiary/aromatic N) is 1. The summed E-state index contributed by atoms with van der Waals surface area (Å²) in [5, 5.41) is 13.7. The van der Waals surface area contributed by atoms with Crippen molar-refractivity contribution in [3.05, 3.63) is 53.6 Å². The molecule has 2 atom stereocenters. The number of benzene rings is 2. The van der Waals surface area contributed by atoms with Gasteiger partial charge in [0, 0.05) is 32.1 Å². The van der Waals surface area contributed by atoms with Crippen LogP contribution in [0.3, 0.4) is 0 Å². The van der Waals surface area contributed by atoms with Crippen LogP contribution in [0.5, 0.6) is 11.5 Å². The van der Waals surface area contributed by atoms with E-state index in [1.54, 1.807) is 27.0 Å². The van der Waals surface area contributed by atoms with E-state index < -0.39 is 23.8 Å². The quantitative estimate of drug-likeness (QED) is 0.755. The maximum absolute atomic E-state index is 12.5. The molecular weight excluding hydrogens is 384 g/mol. The third-order valence-electron chi connectivity index (χ3n) is 5.27. The van der Waals surface area contributed by atoms with Crippen molar-refractivity contribution in [3.63, 3.8) is 0 Å². The molecule has 0 aromatic heterocycles. The predicted octanol–water partition coefficient (Wildman–Crippen LogP) is 3.30. The molecule has 0 fully saturated rings. The Hall–Kier alpha value is -2.93. The van der Waals surface area contributed by atoms with E-state index in [9.17, 15) is 9.90 Å². The molecule has 0 saturated heterocycles. The molecule has 0 radical (unpaired) electrons. The number of rotatable bonds is 6. The monoisotopic (exact) mass is 414 g/mol. The third-order valence-corrected chi connectivity index (χ3v) is 5.27.